The van der Waals surface area contributed by atoms with Crippen molar-refractivity contribution in [3.05, 3.63) is 51.5 Å². The van der Waals surface area contributed by atoms with E-state index in [1.807, 2.05) is 5.51 Å². The van der Waals surface area contributed by atoms with Crippen molar-refractivity contribution in [2.24, 2.45) is 0 Å². The molecule has 0 amide bonds. The summed E-state index contributed by atoms with van der Waals surface area (Å²) in [6.45, 7) is 5.49. The third kappa shape index (κ3) is 2.47. The van der Waals surface area contributed by atoms with Crippen LogP contribution in [0.5, 0.6) is 0 Å². The number of fused-ring (bicyclic) bond motifs is 1. The number of aromatic nitrogens is 1. The smallest absolute Gasteiger partial charge is 0.0798 e. The first-order valence-electron chi connectivity index (χ1n) is 6.51. The molecule has 0 radical (unpaired) electrons. The van der Waals surface area contributed by atoms with Crippen LogP contribution in [0.2, 0.25) is 0 Å². The Morgan fingerprint density at radius 2 is 1.83 bits per heavy atom. The fraction of sp³-hybridized carbons (Fsp3) is 0.400. The second-order valence-electron chi connectivity index (χ2n) is 4.91. The van der Waals surface area contributed by atoms with Gasteiger partial charge in [-0.3, -0.25) is 4.90 Å². The van der Waals surface area contributed by atoms with Gasteiger partial charge in [-0.25, -0.2) is 4.98 Å². The number of aryl methyl sites for hydroxylation is 1. The number of benzene rings is 1. The minimum atomic E-state index is 1.06. The van der Waals surface area contributed by atoms with E-state index in [1.54, 1.807) is 11.3 Å². The summed E-state index contributed by atoms with van der Waals surface area (Å²) in [5.74, 6) is 0. The molecule has 18 heavy (non-hydrogen) atoms. The normalized spacial score (nSPS) is 16.3. The van der Waals surface area contributed by atoms with Crippen molar-refractivity contribution in [3.63, 3.8) is 0 Å². The zero-order chi connectivity index (χ0) is 12.4. The van der Waals surface area contributed by atoms with Crippen LogP contribution in [0.25, 0.3) is 0 Å². The van der Waals surface area contributed by atoms with Gasteiger partial charge in [0.15, 0.2) is 0 Å². The quantitative estimate of drug-likeness (QED) is 0.823. The van der Waals surface area contributed by atoms with Gasteiger partial charge in [-0.05, 0) is 30.9 Å². The second-order valence-corrected chi connectivity index (χ2v) is 5.85. The van der Waals surface area contributed by atoms with Gasteiger partial charge in [-0.2, -0.15) is 0 Å². The fourth-order valence-electron chi connectivity index (χ4n) is 2.55. The summed E-state index contributed by atoms with van der Waals surface area (Å²) in [4.78, 5) is 8.31. The van der Waals surface area contributed by atoms with Crippen LogP contribution in [-0.4, -0.2) is 23.0 Å². The van der Waals surface area contributed by atoms with Crippen molar-refractivity contribution in [2.45, 2.75) is 26.3 Å². The van der Waals surface area contributed by atoms with Gasteiger partial charge >= 0.3 is 0 Å². The zero-order valence-electron chi connectivity index (χ0n) is 10.7. The van der Waals surface area contributed by atoms with Crippen LogP contribution in [0.1, 0.15) is 21.7 Å². The predicted octanol–water partition coefficient (Wildman–Crippen LogP) is 3.05. The van der Waals surface area contributed by atoms with Gasteiger partial charge in [0.05, 0.1) is 11.2 Å². The van der Waals surface area contributed by atoms with Crippen molar-refractivity contribution >= 4 is 11.3 Å². The molecular weight excluding hydrogens is 240 g/mol. The zero-order valence-corrected chi connectivity index (χ0v) is 11.5. The van der Waals surface area contributed by atoms with Crippen molar-refractivity contribution in [2.75, 3.05) is 13.1 Å². The van der Waals surface area contributed by atoms with Crippen molar-refractivity contribution in [3.8, 4) is 0 Å². The molecule has 1 aliphatic heterocycles. The van der Waals surface area contributed by atoms with Crippen molar-refractivity contribution in [1.29, 1.82) is 0 Å². The van der Waals surface area contributed by atoms with Gasteiger partial charge < -0.3 is 0 Å². The summed E-state index contributed by atoms with van der Waals surface area (Å²) in [7, 11) is 0. The summed E-state index contributed by atoms with van der Waals surface area (Å²) in [6, 6.07) is 8.86. The van der Waals surface area contributed by atoms with E-state index in [0.717, 1.165) is 19.6 Å². The minimum Gasteiger partial charge on any atom is -0.298 e. The third-order valence-electron chi connectivity index (χ3n) is 3.73. The van der Waals surface area contributed by atoms with Gasteiger partial charge in [0, 0.05) is 24.5 Å². The summed E-state index contributed by atoms with van der Waals surface area (Å²) in [5, 5.41) is 0. The van der Waals surface area contributed by atoms with Crippen molar-refractivity contribution in [1.82, 2.24) is 9.88 Å². The predicted molar refractivity (Wildman–Crippen MR) is 76.0 cm³/mol. The standard InChI is InChI=1S/C15H18N2S/c1-12-15(18-11-16-12)10-17-8-6-13-4-2-3-5-14(13)7-9-17/h2-5,11H,6-10H2,1H3. The Balaban J connectivity index is 1.70. The van der Waals surface area contributed by atoms with Gasteiger partial charge in [0.2, 0.25) is 0 Å². The second kappa shape index (κ2) is 5.21. The molecular formula is C15H18N2S. The SMILES string of the molecule is Cc1ncsc1CN1CCc2ccccc2CC1. The first kappa shape index (κ1) is 11.9. The highest BCUT2D eigenvalue weighted by molar-refractivity contribution is 7.09. The topological polar surface area (TPSA) is 16.1 Å². The van der Waals surface area contributed by atoms with E-state index in [2.05, 4.69) is 41.1 Å². The summed E-state index contributed by atoms with van der Waals surface area (Å²) in [6.07, 6.45) is 2.35. The summed E-state index contributed by atoms with van der Waals surface area (Å²) in [5.41, 5.74) is 6.21. The molecule has 1 aromatic heterocycles. The van der Waals surface area contributed by atoms with Crippen LogP contribution in [-0.2, 0) is 19.4 Å². The maximum Gasteiger partial charge on any atom is 0.0798 e. The fourth-order valence-corrected chi connectivity index (χ4v) is 3.37. The Morgan fingerprint density at radius 3 is 2.39 bits per heavy atom. The number of rotatable bonds is 2. The molecule has 0 saturated heterocycles. The van der Waals surface area contributed by atoms with E-state index in [-0.39, 0.29) is 0 Å². The molecule has 94 valence electrons. The van der Waals surface area contributed by atoms with Crippen LogP contribution in [0.3, 0.4) is 0 Å². The minimum absolute atomic E-state index is 1.06. The lowest BCUT2D eigenvalue weighted by Gasteiger charge is -2.18. The van der Waals surface area contributed by atoms with E-state index in [0.29, 0.717) is 0 Å². The molecule has 3 rings (SSSR count). The molecule has 1 aromatic carbocycles. The molecule has 0 atom stereocenters. The van der Waals surface area contributed by atoms with E-state index in [9.17, 15) is 0 Å². The van der Waals surface area contributed by atoms with Crippen LogP contribution < -0.4 is 0 Å². The molecule has 2 nitrogen and oxygen atoms in total. The number of nitrogens with zero attached hydrogens (tertiary/aromatic N) is 2. The molecule has 0 bridgehead atoms. The van der Waals surface area contributed by atoms with Crippen LogP contribution in [0.15, 0.2) is 29.8 Å². The molecule has 2 aromatic rings. The first-order chi connectivity index (χ1) is 8.83. The van der Waals surface area contributed by atoms with E-state index < -0.39 is 0 Å². The highest BCUT2D eigenvalue weighted by Gasteiger charge is 2.15. The molecule has 2 heterocycles. The van der Waals surface area contributed by atoms with Crippen LogP contribution in [0.4, 0.5) is 0 Å². The number of hydrogen-bond donors (Lipinski definition) is 0. The molecule has 0 spiro atoms. The third-order valence-corrected chi connectivity index (χ3v) is 4.65. The number of hydrogen-bond acceptors (Lipinski definition) is 3. The number of thiazole rings is 1. The Kier molecular flexibility index (Phi) is 3.43. The maximum atomic E-state index is 4.34. The van der Waals surface area contributed by atoms with Crippen LogP contribution >= 0.6 is 11.3 Å². The van der Waals surface area contributed by atoms with Crippen molar-refractivity contribution < 1.29 is 0 Å². The molecule has 0 aliphatic carbocycles. The van der Waals surface area contributed by atoms with Gasteiger partial charge in [0.25, 0.3) is 0 Å². The largest absolute Gasteiger partial charge is 0.298 e. The lowest BCUT2D eigenvalue weighted by molar-refractivity contribution is 0.281. The monoisotopic (exact) mass is 258 g/mol. The Hall–Kier alpha value is -1.19. The van der Waals surface area contributed by atoms with Crippen LogP contribution in [0, 0.1) is 6.92 Å². The van der Waals surface area contributed by atoms with E-state index in [4.69, 9.17) is 0 Å². The molecule has 0 fully saturated rings. The lowest BCUT2D eigenvalue weighted by Crippen LogP contribution is -2.25. The molecule has 3 heteroatoms. The van der Waals surface area contributed by atoms with E-state index >= 15 is 0 Å². The maximum absolute atomic E-state index is 4.34. The highest BCUT2D eigenvalue weighted by atomic mass is 32.1. The molecule has 1 aliphatic rings. The molecule has 0 N–H and O–H groups in total. The average Bonchev–Trinajstić information content (AvgIpc) is 2.68. The Labute approximate surface area is 112 Å². The first-order valence-corrected chi connectivity index (χ1v) is 7.39. The average molecular weight is 258 g/mol. The Morgan fingerprint density at radius 1 is 1.17 bits per heavy atom. The highest BCUT2D eigenvalue weighted by Crippen LogP contribution is 2.19. The Bertz CT molecular complexity index is 506. The summed E-state index contributed by atoms with van der Waals surface area (Å²) >= 11 is 1.78. The molecule has 0 unspecified atom stereocenters. The van der Waals surface area contributed by atoms with Gasteiger partial charge in [-0.1, -0.05) is 24.3 Å². The van der Waals surface area contributed by atoms with Gasteiger partial charge in [0.1, 0.15) is 0 Å². The van der Waals surface area contributed by atoms with E-state index in [1.165, 1.54) is 34.5 Å². The lowest BCUT2D eigenvalue weighted by atomic mass is 10.0. The van der Waals surface area contributed by atoms with Gasteiger partial charge in [-0.15, -0.1) is 11.3 Å². The summed E-state index contributed by atoms with van der Waals surface area (Å²) < 4.78 is 0. The molecule has 0 saturated carbocycles.